The number of carboxylic acids is 2. The van der Waals surface area contributed by atoms with Crippen LogP contribution in [-0.2, 0) is 14.3 Å². The van der Waals surface area contributed by atoms with E-state index < -0.39 is 36.0 Å². The topological polar surface area (TPSA) is 83.8 Å². The average Bonchev–Trinajstić information content (AvgIpc) is 2.36. The van der Waals surface area contributed by atoms with Gasteiger partial charge >= 0.3 is 11.9 Å². The SMILES string of the molecule is C=CC(OC(C=C)C(C=C)C(=O)O)C(C=C)C(=O)O. The molecule has 0 aromatic carbocycles. The molecule has 0 saturated heterocycles. The van der Waals surface area contributed by atoms with Crippen molar-refractivity contribution in [3.05, 3.63) is 50.6 Å². The Hall–Kier alpha value is -2.14. The number of hydrogen-bond acceptors (Lipinski definition) is 3. The highest BCUT2D eigenvalue weighted by molar-refractivity contribution is 5.74. The molecular formula is C14H18O5. The van der Waals surface area contributed by atoms with E-state index in [1.165, 1.54) is 24.3 Å². The van der Waals surface area contributed by atoms with Crippen LogP contribution in [0.2, 0.25) is 0 Å². The van der Waals surface area contributed by atoms with E-state index >= 15 is 0 Å². The molecule has 0 aliphatic rings. The normalized spacial score (nSPS) is 16.4. The minimum absolute atomic E-state index is 0.903. The molecule has 4 atom stereocenters. The average molecular weight is 266 g/mol. The molecule has 0 saturated carbocycles. The summed E-state index contributed by atoms with van der Waals surface area (Å²) in [5.74, 6) is -4.29. The van der Waals surface area contributed by atoms with Crippen LogP contribution in [0.25, 0.3) is 0 Å². The molecule has 104 valence electrons. The van der Waals surface area contributed by atoms with Gasteiger partial charge in [-0.15, -0.1) is 26.3 Å². The van der Waals surface area contributed by atoms with E-state index in [-0.39, 0.29) is 0 Å². The second kappa shape index (κ2) is 8.05. The lowest BCUT2D eigenvalue weighted by atomic mass is 9.99. The molecule has 4 unspecified atom stereocenters. The van der Waals surface area contributed by atoms with Gasteiger partial charge < -0.3 is 14.9 Å². The molecule has 19 heavy (non-hydrogen) atoms. The monoisotopic (exact) mass is 266 g/mol. The van der Waals surface area contributed by atoms with Gasteiger partial charge in [0, 0.05) is 0 Å². The molecule has 0 aliphatic heterocycles. The Morgan fingerprint density at radius 2 is 1.11 bits per heavy atom. The minimum Gasteiger partial charge on any atom is -0.481 e. The molecule has 0 aromatic heterocycles. The highest BCUT2D eigenvalue weighted by Crippen LogP contribution is 2.19. The highest BCUT2D eigenvalue weighted by atomic mass is 16.5. The van der Waals surface area contributed by atoms with E-state index in [0.717, 1.165) is 0 Å². The Kier molecular flexibility index (Phi) is 7.14. The van der Waals surface area contributed by atoms with Crippen molar-refractivity contribution in [2.45, 2.75) is 12.2 Å². The number of rotatable bonds is 10. The van der Waals surface area contributed by atoms with Gasteiger partial charge in [0.25, 0.3) is 0 Å². The molecule has 0 aliphatic carbocycles. The summed E-state index contributed by atoms with van der Waals surface area (Å²) in [6.45, 7) is 13.8. The Morgan fingerprint density at radius 3 is 1.26 bits per heavy atom. The second-order valence-corrected chi connectivity index (χ2v) is 3.74. The van der Waals surface area contributed by atoms with Gasteiger partial charge in [-0.05, 0) is 0 Å². The van der Waals surface area contributed by atoms with Crippen molar-refractivity contribution in [2.24, 2.45) is 11.8 Å². The third kappa shape index (κ3) is 4.56. The predicted octanol–water partition coefficient (Wildman–Crippen LogP) is 1.89. The molecule has 0 amide bonds. The number of hydrogen-bond donors (Lipinski definition) is 2. The van der Waals surface area contributed by atoms with Gasteiger partial charge in [-0.1, -0.05) is 24.3 Å². The molecule has 2 N–H and O–H groups in total. The van der Waals surface area contributed by atoms with Gasteiger partial charge in [-0.3, -0.25) is 9.59 Å². The fourth-order valence-electron chi connectivity index (χ4n) is 1.51. The smallest absolute Gasteiger partial charge is 0.313 e. The number of ether oxygens (including phenoxy) is 1. The summed E-state index contributed by atoms with van der Waals surface area (Å²) in [5, 5.41) is 18.0. The molecule has 0 heterocycles. The van der Waals surface area contributed by atoms with Gasteiger partial charge in [0.2, 0.25) is 0 Å². The lowest BCUT2D eigenvalue weighted by Crippen LogP contribution is -2.35. The number of aliphatic carboxylic acids is 2. The summed E-state index contributed by atoms with van der Waals surface area (Å²) < 4.78 is 5.44. The van der Waals surface area contributed by atoms with Crippen molar-refractivity contribution in [1.82, 2.24) is 0 Å². The van der Waals surface area contributed by atoms with E-state index in [4.69, 9.17) is 14.9 Å². The van der Waals surface area contributed by atoms with Crippen LogP contribution < -0.4 is 0 Å². The number of carbonyl (C=O) groups is 2. The van der Waals surface area contributed by atoms with Gasteiger partial charge in [-0.25, -0.2) is 0 Å². The fraction of sp³-hybridized carbons (Fsp3) is 0.286. The van der Waals surface area contributed by atoms with Crippen LogP contribution in [0.4, 0.5) is 0 Å². The van der Waals surface area contributed by atoms with E-state index in [1.807, 2.05) is 0 Å². The van der Waals surface area contributed by atoms with Crippen molar-refractivity contribution in [3.8, 4) is 0 Å². The zero-order valence-electron chi connectivity index (χ0n) is 10.6. The van der Waals surface area contributed by atoms with Crippen molar-refractivity contribution in [3.63, 3.8) is 0 Å². The first-order chi connectivity index (χ1) is 8.92. The summed E-state index contributed by atoms with van der Waals surface area (Å²) in [5.41, 5.74) is 0. The largest absolute Gasteiger partial charge is 0.481 e. The van der Waals surface area contributed by atoms with Crippen LogP contribution in [0, 0.1) is 11.8 Å². The first-order valence-corrected chi connectivity index (χ1v) is 5.54. The maximum atomic E-state index is 11.0. The van der Waals surface area contributed by atoms with E-state index in [1.54, 1.807) is 0 Å². The predicted molar refractivity (Wildman–Crippen MR) is 71.7 cm³/mol. The molecule has 0 rings (SSSR count). The summed E-state index contributed by atoms with van der Waals surface area (Å²) in [6, 6.07) is 0. The Morgan fingerprint density at radius 1 is 0.789 bits per heavy atom. The second-order valence-electron chi connectivity index (χ2n) is 3.74. The van der Waals surface area contributed by atoms with Crippen molar-refractivity contribution in [2.75, 3.05) is 0 Å². The standard InChI is InChI=1S/C14H18O5/c1-5-9(13(15)16)11(7-3)19-12(8-4)10(6-2)14(17)18/h5-12H,1-4H2,(H,15,16)(H,17,18). The van der Waals surface area contributed by atoms with Gasteiger partial charge in [0.1, 0.15) is 11.8 Å². The first-order valence-electron chi connectivity index (χ1n) is 5.54. The molecular weight excluding hydrogens is 248 g/mol. The van der Waals surface area contributed by atoms with E-state index in [2.05, 4.69) is 26.3 Å². The van der Waals surface area contributed by atoms with Crippen LogP contribution in [0.5, 0.6) is 0 Å². The van der Waals surface area contributed by atoms with Crippen LogP contribution in [-0.4, -0.2) is 34.4 Å². The Bertz CT molecular complexity index is 349. The zero-order valence-corrected chi connectivity index (χ0v) is 10.6. The lowest BCUT2D eigenvalue weighted by molar-refractivity contribution is -0.148. The van der Waals surface area contributed by atoms with Crippen LogP contribution in [0.15, 0.2) is 50.6 Å². The van der Waals surface area contributed by atoms with Crippen molar-refractivity contribution >= 4 is 11.9 Å². The molecule has 0 spiro atoms. The molecule has 0 bridgehead atoms. The lowest BCUT2D eigenvalue weighted by Gasteiger charge is -2.25. The Labute approximate surface area is 112 Å². The molecule has 0 aromatic rings. The van der Waals surface area contributed by atoms with Gasteiger partial charge in [0.15, 0.2) is 0 Å². The van der Waals surface area contributed by atoms with Crippen LogP contribution in [0.1, 0.15) is 0 Å². The molecule has 5 nitrogen and oxygen atoms in total. The molecule has 5 heteroatoms. The van der Waals surface area contributed by atoms with E-state index in [0.29, 0.717) is 0 Å². The summed E-state index contributed by atoms with van der Waals surface area (Å²) in [4.78, 5) is 22.0. The molecule has 0 radical (unpaired) electrons. The quantitative estimate of drug-likeness (QED) is 0.590. The van der Waals surface area contributed by atoms with Crippen molar-refractivity contribution in [1.29, 1.82) is 0 Å². The van der Waals surface area contributed by atoms with Crippen molar-refractivity contribution < 1.29 is 24.5 Å². The zero-order chi connectivity index (χ0) is 15.0. The first kappa shape index (κ1) is 16.9. The maximum Gasteiger partial charge on any atom is 0.313 e. The summed E-state index contributed by atoms with van der Waals surface area (Å²) in [7, 11) is 0. The summed E-state index contributed by atoms with van der Waals surface area (Å²) >= 11 is 0. The fourth-order valence-corrected chi connectivity index (χ4v) is 1.51. The van der Waals surface area contributed by atoms with Gasteiger partial charge in [0.05, 0.1) is 12.2 Å². The third-order valence-electron chi connectivity index (χ3n) is 2.56. The maximum absolute atomic E-state index is 11.0. The minimum atomic E-state index is -1.13. The molecule has 0 fully saturated rings. The Balaban J connectivity index is 5.11. The van der Waals surface area contributed by atoms with E-state index in [9.17, 15) is 9.59 Å². The third-order valence-corrected chi connectivity index (χ3v) is 2.56. The van der Waals surface area contributed by atoms with Gasteiger partial charge in [-0.2, -0.15) is 0 Å². The summed E-state index contributed by atoms with van der Waals surface area (Å²) in [6.07, 6.45) is 3.19. The van der Waals surface area contributed by atoms with Crippen LogP contribution in [0.3, 0.4) is 0 Å². The number of carboxylic acid groups (broad SMARTS) is 2. The van der Waals surface area contributed by atoms with Crippen LogP contribution >= 0.6 is 0 Å². The highest BCUT2D eigenvalue weighted by Gasteiger charge is 2.30.